The largest absolute Gasteiger partial charge is 0.450 e. The first-order chi connectivity index (χ1) is 7.90. The zero-order valence-electron chi connectivity index (χ0n) is 11.2. The van der Waals surface area contributed by atoms with Gasteiger partial charge in [0.2, 0.25) is 0 Å². The summed E-state index contributed by atoms with van der Waals surface area (Å²) in [4.78, 5) is 22.2. The Bertz CT molecular complexity index is 251. The van der Waals surface area contributed by atoms with Crippen molar-refractivity contribution in [2.45, 2.75) is 34.1 Å². The molecule has 0 bridgehead atoms. The van der Waals surface area contributed by atoms with Crippen LogP contribution < -0.4 is 5.32 Å². The van der Waals surface area contributed by atoms with E-state index in [1.54, 1.807) is 6.92 Å². The number of alkyl carbamates (subject to hydrolysis) is 1. The van der Waals surface area contributed by atoms with Gasteiger partial charge in [-0.2, -0.15) is 0 Å². The van der Waals surface area contributed by atoms with Crippen molar-refractivity contribution in [3.63, 3.8) is 0 Å². The average molecular weight is 245 g/mol. The third kappa shape index (κ3) is 7.74. The lowest BCUT2D eigenvalue weighted by Crippen LogP contribution is -2.31. The zero-order chi connectivity index (χ0) is 13.3. The topological polar surface area (TPSA) is 64.6 Å². The minimum absolute atomic E-state index is 0.0906. The second kappa shape index (κ2) is 8.06. The quantitative estimate of drug-likeness (QED) is 0.662. The number of nitrogens with one attached hydrogen (secondary N) is 1. The van der Waals surface area contributed by atoms with E-state index in [0.717, 1.165) is 6.42 Å². The zero-order valence-corrected chi connectivity index (χ0v) is 11.2. The van der Waals surface area contributed by atoms with Crippen molar-refractivity contribution in [1.82, 2.24) is 5.32 Å². The number of carbonyl (C=O) groups is 2. The molecule has 100 valence electrons. The molecule has 0 heterocycles. The van der Waals surface area contributed by atoms with Crippen molar-refractivity contribution in [2.75, 3.05) is 26.4 Å². The number of carbonyl (C=O) groups excluding carboxylic acids is 2. The third-order valence-electron chi connectivity index (χ3n) is 2.37. The highest BCUT2D eigenvalue weighted by Gasteiger charge is 2.23. The standard InChI is InChI=1S/C12H23NO4/c1-5-7-17-11(15)13-6-8-16-9-12(3,4)10(2)14/h5-9H2,1-4H3,(H,13,15). The molecular weight excluding hydrogens is 222 g/mol. The van der Waals surface area contributed by atoms with Crippen LogP contribution in [0.5, 0.6) is 0 Å². The van der Waals surface area contributed by atoms with E-state index in [4.69, 9.17) is 9.47 Å². The van der Waals surface area contributed by atoms with Crippen LogP contribution in [0.15, 0.2) is 0 Å². The molecule has 0 rings (SSSR count). The van der Waals surface area contributed by atoms with E-state index in [1.807, 2.05) is 20.8 Å². The van der Waals surface area contributed by atoms with Gasteiger partial charge in [-0.15, -0.1) is 0 Å². The van der Waals surface area contributed by atoms with Crippen molar-refractivity contribution >= 4 is 11.9 Å². The molecule has 0 fully saturated rings. The minimum Gasteiger partial charge on any atom is -0.450 e. The maximum Gasteiger partial charge on any atom is 0.407 e. The average Bonchev–Trinajstić information content (AvgIpc) is 2.25. The van der Waals surface area contributed by atoms with Crippen LogP contribution in [0.1, 0.15) is 34.1 Å². The number of hydrogen-bond donors (Lipinski definition) is 1. The Balaban J connectivity index is 3.53. The fourth-order valence-electron chi connectivity index (χ4n) is 0.900. The molecule has 1 N–H and O–H groups in total. The summed E-state index contributed by atoms with van der Waals surface area (Å²) in [5.74, 6) is 0.0906. The van der Waals surface area contributed by atoms with Crippen LogP contribution in [0.25, 0.3) is 0 Å². The van der Waals surface area contributed by atoms with Crippen LogP contribution in [0.4, 0.5) is 4.79 Å². The van der Waals surface area contributed by atoms with Crippen LogP contribution in [-0.4, -0.2) is 38.2 Å². The Hall–Kier alpha value is -1.10. The third-order valence-corrected chi connectivity index (χ3v) is 2.37. The number of ether oxygens (including phenoxy) is 2. The monoisotopic (exact) mass is 245 g/mol. The van der Waals surface area contributed by atoms with Crippen molar-refractivity contribution in [3.8, 4) is 0 Å². The molecule has 1 amide bonds. The number of ketones is 1. The molecule has 0 atom stereocenters. The van der Waals surface area contributed by atoms with Crippen molar-refractivity contribution in [3.05, 3.63) is 0 Å². The molecule has 0 aromatic carbocycles. The molecule has 17 heavy (non-hydrogen) atoms. The van der Waals surface area contributed by atoms with E-state index in [1.165, 1.54) is 0 Å². The van der Waals surface area contributed by atoms with E-state index >= 15 is 0 Å². The van der Waals surface area contributed by atoms with Gasteiger partial charge in [0.25, 0.3) is 0 Å². The van der Waals surface area contributed by atoms with Crippen LogP contribution in [0.3, 0.4) is 0 Å². The molecular formula is C12H23NO4. The molecule has 0 saturated carbocycles. The lowest BCUT2D eigenvalue weighted by Gasteiger charge is -2.20. The predicted molar refractivity (Wildman–Crippen MR) is 64.9 cm³/mol. The Labute approximate surface area is 103 Å². The van der Waals surface area contributed by atoms with Gasteiger partial charge in [-0.25, -0.2) is 4.79 Å². The highest BCUT2D eigenvalue weighted by atomic mass is 16.5. The van der Waals surface area contributed by atoms with Crippen LogP contribution in [0.2, 0.25) is 0 Å². The Kier molecular flexibility index (Phi) is 7.54. The highest BCUT2D eigenvalue weighted by molar-refractivity contribution is 5.81. The Morgan fingerprint density at radius 2 is 1.88 bits per heavy atom. The molecule has 0 radical (unpaired) electrons. The predicted octanol–water partition coefficient (Wildman–Crippen LogP) is 1.75. The first kappa shape index (κ1) is 15.9. The molecule has 0 aromatic rings. The summed E-state index contributed by atoms with van der Waals surface area (Å²) >= 11 is 0. The number of hydrogen-bond acceptors (Lipinski definition) is 4. The normalized spacial score (nSPS) is 11.1. The first-order valence-electron chi connectivity index (χ1n) is 5.89. The van der Waals surface area contributed by atoms with E-state index in [2.05, 4.69) is 5.32 Å². The second-order valence-corrected chi connectivity index (χ2v) is 4.56. The summed E-state index contributed by atoms with van der Waals surface area (Å²) in [6.07, 6.45) is 0.373. The van der Waals surface area contributed by atoms with Gasteiger partial charge in [0, 0.05) is 12.0 Å². The van der Waals surface area contributed by atoms with Gasteiger partial charge < -0.3 is 14.8 Å². The first-order valence-corrected chi connectivity index (χ1v) is 5.89. The van der Waals surface area contributed by atoms with E-state index in [9.17, 15) is 9.59 Å². The lowest BCUT2D eigenvalue weighted by atomic mass is 9.90. The molecule has 0 saturated heterocycles. The highest BCUT2D eigenvalue weighted by Crippen LogP contribution is 2.16. The molecule has 0 unspecified atom stereocenters. The molecule has 0 aromatic heterocycles. The number of Topliss-reactive ketones (excluding diaryl/α,β-unsaturated/α-hetero) is 1. The summed E-state index contributed by atoms with van der Waals surface area (Å²) in [7, 11) is 0. The van der Waals surface area contributed by atoms with Crippen molar-refractivity contribution < 1.29 is 19.1 Å². The van der Waals surface area contributed by atoms with Gasteiger partial charge in [0.05, 0.1) is 19.8 Å². The van der Waals surface area contributed by atoms with Gasteiger partial charge >= 0.3 is 6.09 Å². The lowest BCUT2D eigenvalue weighted by molar-refractivity contribution is -0.127. The van der Waals surface area contributed by atoms with Gasteiger partial charge in [0.1, 0.15) is 5.78 Å². The van der Waals surface area contributed by atoms with E-state index in [-0.39, 0.29) is 5.78 Å². The van der Waals surface area contributed by atoms with Crippen LogP contribution in [0, 0.1) is 5.41 Å². The smallest absolute Gasteiger partial charge is 0.407 e. The van der Waals surface area contributed by atoms with Gasteiger partial charge in [0.15, 0.2) is 0 Å². The van der Waals surface area contributed by atoms with Gasteiger partial charge in [-0.1, -0.05) is 20.8 Å². The Morgan fingerprint density at radius 3 is 2.41 bits per heavy atom. The summed E-state index contributed by atoms with van der Waals surface area (Å²) in [6, 6.07) is 0. The summed E-state index contributed by atoms with van der Waals surface area (Å²) in [6.45, 7) is 8.67. The number of rotatable bonds is 8. The van der Waals surface area contributed by atoms with Gasteiger partial charge in [-0.3, -0.25) is 4.79 Å². The second-order valence-electron chi connectivity index (χ2n) is 4.56. The fourth-order valence-corrected chi connectivity index (χ4v) is 0.900. The summed E-state index contributed by atoms with van der Waals surface area (Å²) in [5.41, 5.74) is -0.470. The fraction of sp³-hybridized carbons (Fsp3) is 0.833. The SMILES string of the molecule is CCCOC(=O)NCCOCC(C)(C)C(C)=O. The molecule has 5 heteroatoms. The maximum absolute atomic E-state index is 11.2. The minimum atomic E-state index is -0.470. The maximum atomic E-state index is 11.2. The molecule has 0 aliphatic rings. The van der Waals surface area contributed by atoms with Crippen molar-refractivity contribution in [2.24, 2.45) is 5.41 Å². The molecule has 0 aliphatic heterocycles. The van der Waals surface area contributed by atoms with Gasteiger partial charge in [-0.05, 0) is 13.3 Å². The van der Waals surface area contributed by atoms with Crippen LogP contribution in [-0.2, 0) is 14.3 Å². The van der Waals surface area contributed by atoms with Crippen LogP contribution >= 0.6 is 0 Å². The molecule has 0 aliphatic carbocycles. The van der Waals surface area contributed by atoms with E-state index < -0.39 is 11.5 Å². The summed E-state index contributed by atoms with van der Waals surface area (Å²) in [5, 5.41) is 2.56. The van der Waals surface area contributed by atoms with E-state index in [0.29, 0.717) is 26.4 Å². The molecule has 5 nitrogen and oxygen atoms in total. The molecule has 0 spiro atoms. The van der Waals surface area contributed by atoms with Crippen molar-refractivity contribution in [1.29, 1.82) is 0 Å². The Morgan fingerprint density at radius 1 is 1.24 bits per heavy atom. The summed E-state index contributed by atoms with van der Waals surface area (Å²) < 4.78 is 10.1. The number of amides is 1.